The molecule has 0 heterocycles. The van der Waals surface area contributed by atoms with Gasteiger partial charge in [-0.05, 0) is 31.0 Å². The first-order chi connectivity index (χ1) is 13.7. The van der Waals surface area contributed by atoms with E-state index in [0.29, 0.717) is 16.2 Å². The SMILES string of the molecule is Cl.[2H]C([2H])([2H])N([C@@H](CCOc1cccc2ccccc12)c1ccccc1)C([2H])([2H])[2H]. The van der Waals surface area contributed by atoms with Crippen LogP contribution >= 0.6 is 12.4 Å². The molecule has 0 aromatic heterocycles. The van der Waals surface area contributed by atoms with E-state index in [4.69, 9.17) is 13.0 Å². The highest BCUT2D eigenvalue weighted by Gasteiger charge is 2.14. The van der Waals surface area contributed by atoms with Gasteiger partial charge in [-0.15, -0.1) is 12.4 Å². The summed E-state index contributed by atoms with van der Waals surface area (Å²) in [4.78, 5) is 0.627. The summed E-state index contributed by atoms with van der Waals surface area (Å²) in [5, 5.41) is 1.99. The van der Waals surface area contributed by atoms with E-state index < -0.39 is 20.0 Å². The largest absolute Gasteiger partial charge is 0.493 e. The zero-order valence-corrected chi connectivity index (χ0v) is 14.0. The molecule has 0 aliphatic heterocycles. The van der Waals surface area contributed by atoms with E-state index in [-0.39, 0.29) is 25.4 Å². The molecule has 126 valence electrons. The molecule has 0 fully saturated rings. The van der Waals surface area contributed by atoms with Crippen molar-refractivity contribution in [2.24, 2.45) is 0 Å². The Hall–Kier alpha value is -2.03. The third kappa shape index (κ3) is 4.28. The summed E-state index contributed by atoms with van der Waals surface area (Å²) < 4.78 is 52.7. The smallest absolute Gasteiger partial charge is 0.127 e. The summed E-state index contributed by atoms with van der Waals surface area (Å²) in [6.45, 7) is -5.37. The molecule has 0 radical (unpaired) electrons. The second kappa shape index (κ2) is 8.72. The second-order valence-corrected chi connectivity index (χ2v) is 5.41. The van der Waals surface area contributed by atoms with Crippen molar-refractivity contribution >= 4 is 23.2 Å². The van der Waals surface area contributed by atoms with Crippen molar-refractivity contribution in [1.29, 1.82) is 0 Å². The van der Waals surface area contributed by atoms with E-state index in [9.17, 15) is 0 Å². The Morgan fingerprint density at radius 1 is 0.917 bits per heavy atom. The standard InChI is InChI=1S/C21H23NO.ClH/c1-22(2)20(18-10-4-3-5-11-18)15-16-23-21-14-8-12-17-9-6-7-13-19(17)21;/h3-14,20H,15-16H2,1-2H3;1H/t20-;/m0./s1/i1D3,2D3;. The first-order valence-corrected chi connectivity index (χ1v) is 7.63. The fraction of sp³-hybridized carbons (Fsp3) is 0.238. The van der Waals surface area contributed by atoms with Crippen LogP contribution in [0.2, 0.25) is 0 Å². The molecule has 24 heavy (non-hydrogen) atoms. The molecule has 3 heteroatoms. The molecule has 0 bridgehead atoms. The highest BCUT2D eigenvalue weighted by molar-refractivity contribution is 5.88. The Morgan fingerprint density at radius 2 is 1.62 bits per heavy atom. The lowest BCUT2D eigenvalue weighted by Gasteiger charge is -2.25. The maximum absolute atomic E-state index is 7.79. The highest BCUT2D eigenvalue weighted by atomic mass is 35.5. The van der Waals surface area contributed by atoms with Gasteiger partial charge in [0, 0.05) is 26.1 Å². The van der Waals surface area contributed by atoms with E-state index in [1.165, 1.54) is 0 Å². The molecule has 0 amide bonds. The maximum Gasteiger partial charge on any atom is 0.127 e. The number of rotatable bonds is 6. The number of ether oxygens (including phenoxy) is 1. The molecule has 3 aromatic carbocycles. The second-order valence-electron chi connectivity index (χ2n) is 5.41. The summed E-state index contributed by atoms with van der Waals surface area (Å²) in [6.07, 6.45) is 0.212. The third-order valence-corrected chi connectivity index (χ3v) is 3.89. The minimum atomic E-state index is -2.77. The molecule has 0 aliphatic carbocycles. The summed E-state index contributed by atoms with van der Waals surface area (Å²) in [5.74, 6) is 0.684. The normalized spacial score (nSPS) is 16.7. The fourth-order valence-corrected chi connectivity index (χ4v) is 2.72. The van der Waals surface area contributed by atoms with Crippen LogP contribution in [0.3, 0.4) is 0 Å². The molecule has 0 aliphatic rings. The lowest BCUT2D eigenvalue weighted by atomic mass is 10.0. The van der Waals surface area contributed by atoms with E-state index in [0.717, 1.165) is 10.8 Å². The molecule has 1 atom stereocenters. The van der Waals surface area contributed by atoms with Gasteiger partial charge >= 0.3 is 0 Å². The van der Waals surface area contributed by atoms with Crippen molar-refractivity contribution in [2.45, 2.75) is 12.5 Å². The average Bonchev–Trinajstić information content (AvgIpc) is 2.66. The first-order valence-electron chi connectivity index (χ1n) is 10.6. The zero-order chi connectivity index (χ0) is 21.1. The zero-order valence-electron chi connectivity index (χ0n) is 19.2. The van der Waals surface area contributed by atoms with Crippen LogP contribution < -0.4 is 4.74 Å². The molecule has 0 saturated carbocycles. The van der Waals surface area contributed by atoms with Crippen LogP contribution in [0.5, 0.6) is 5.75 Å². The number of hydrogen-bond donors (Lipinski definition) is 0. The van der Waals surface area contributed by atoms with Crippen LogP contribution in [-0.2, 0) is 0 Å². The Labute approximate surface area is 158 Å². The van der Waals surface area contributed by atoms with E-state index >= 15 is 0 Å². The van der Waals surface area contributed by atoms with Crippen LogP contribution in [-0.4, -0.2) is 25.5 Å². The van der Waals surface area contributed by atoms with Gasteiger partial charge in [0.1, 0.15) is 5.75 Å². The van der Waals surface area contributed by atoms with Crippen LogP contribution in [0, 0.1) is 0 Å². The number of fused-ring (bicyclic) bond motifs is 1. The quantitative estimate of drug-likeness (QED) is 0.597. The molecule has 0 N–H and O–H groups in total. The van der Waals surface area contributed by atoms with Gasteiger partial charge in [0.15, 0.2) is 0 Å². The lowest BCUT2D eigenvalue weighted by Crippen LogP contribution is -2.22. The van der Waals surface area contributed by atoms with Gasteiger partial charge < -0.3 is 9.64 Å². The average molecular weight is 348 g/mol. The number of hydrogen-bond acceptors (Lipinski definition) is 2. The highest BCUT2D eigenvalue weighted by Crippen LogP contribution is 2.27. The van der Waals surface area contributed by atoms with Gasteiger partial charge in [-0.25, -0.2) is 0 Å². The summed E-state index contributed by atoms with van der Waals surface area (Å²) in [6, 6.07) is 21.5. The Balaban J connectivity index is 0.00000320. The van der Waals surface area contributed by atoms with Gasteiger partial charge in [0.05, 0.1) is 6.61 Å². The van der Waals surface area contributed by atoms with E-state index in [1.807, 2.05) is 48.5 Å². The van der Waals surface area contributed by atoms with Gasteiger partial charge in [-0.2, -0.15) is 0 Å². The minimum absolute atomic E-state index is 0. The fourth-order valence-electron chi connectivity index (χ4n) is 2.72. The predicted molar refractivity (Wildman–Crippen MR) is 104 cm³/mol. The van der Waals surface area contributed by atoms with Crippen LogP contribution in [0.15, 0.2) is 72.8 Å². The molecule has 3 aromatic rings. The van der Waals surface area contributed by atoms with Crippen LogP contribution in [0.1, 0.15) is 26.3 Å². The monoisotopic (exact) mass is 347 g/mol. The molecule has 0 unspecified atom stereocenters. The molecule has 2 nitrogen and oxygen atoms in total. The van der Waals surface area contributed by atoms with Gasteiger partial charge in [-0.1, -0.05) is 66.7 Å². The molecule has 0 saturated heterocycles. The molecular weight excluding hydrogens is 318 g/mol. The Kier molecular flexibility index (Phi) is 4.18. The Morgan fingerprint density at radius 3 is 2.42 bits per heavy atom. The van der Waals surface area contributed by atoms with Crippen molar-refractivity contribution in [1.82, 2.24) is 4.90 Å². The molecule has 0 spiro atoms. The van der Waals surface area contributed by atoms with Gasteiger partial charge in [0.25, 0.3) is 0 Å². The third-order valence-electron chi connectivity index (χ3n) is 3.89. The lowest BCUT2D eigenvalue weighted by molar-refractivity contribution is 0.225. The molecule has 3 rings (SSSR count). The first kappa shape index (κ1) is 11.5. The van der Waals surface area contributed by atoms with Crippen LogP contribution in [0.25, 0.3) is 10.8 Å². The summed E-state index contributed by atoms with van der Waals surface area (Å²) in [5.41, 5.74) is 0.626. The van der Waals surface area contributed by atoms with E-state index in [1.54, 1.807) is 24.3 Å². The minimum Gasteiger partial charge on any atom is -0.493 e. The van der Waals surface area contributed by atoms with Crippen molar-refractivity contribution < 1.29 is 13.0 Å². The summed E-state index contributed by atoms with van der Waals surface area (Å²) >= 11 is 0. The maximum atomic E-state index is 7.79. The Bertz CT molecular complexity index is 926. The molecular formula is C21H24ClNO. The van der Waals surface area contributed by atoms with E-state index in [2.05, 4.69) is 0 Å². The number of nitrogens with zero attached hydrogens (tertiary/aromatic N) is 1. The number of benzene rings is 3. The van der Waals surface area contributed by atoms with Crippen molar-refractivity contribution in [3.05, 3.63) is 78.4 Å². The van der Waals surface area contributed by atoms with Crippen molar-refractivity contribution in [2.75, 3.05) is 20.6 Å². The number of halogens is 1. The predicted octanol–water partition coefficient (Wildman–Crippen LogP) is 5.33. The van der Waals surface area contributed by atoms with Crippen molar-refractivity contribution in [3.8, 4) is 5.75 Å². The van der Waals surface area contributed by atoms with Crippen LogP contribution in [0.4, 0.5) is 0 Å². The summed E-state index contributed by atoms with van der Waals surface area (Å²) in [7, 11) is 0. The van der Waals surface area contributed by atoms with Gasteiger partial charge in [0.2, 0.25) is 0 Å². The topological polar surface area (TPSA) is 12.5 Å². The van der Waals surface area contributed by atoms with Gasteiger partial charge in [-0.3, -0.25) is 0 Å². The van der Waals surface area contributed by atoms with Crippen molar-refractivity contribution in [3.63, 3.8) is 0 Å².